The van der Waals surface area contributed by atoms with Crippen molar-refractivity contribution in [3.05, 3.63) is 66.9 Å². The molecule has 0 aliphatic heterocycles. The van der Waals surface area contributed by atoms with Gasteiger partial charge < -0.3 is 19.5 Å². The lowest BCUT2D eigenvalue weighted by Crippen LogP contribution is -2.34. The number of hydrogen-bond donors (Lipinski definition) is 1. The molecule has 1 heterocycles. The Balaban J connectivity index is 1.69. The van der Waals surface area contributed by atoms with Gasteiger partial charge in [-0.3, -0.25) is 0 Å². The molecule has 3 aromatic rings. The molecular formula is C26H31N3O4. The fraction of sp³-hybridized carbons (Fsp3) is 0.308. The van der Waals surface area contributed by atoms with Gasteiger partial charge in [-0.1, -0.05) is 6.58 Å². The van der Waals surface area contributed by atoms with Crippen LogP contribution in [0.1, 0.15) is 33.4 Å². The monoisotopic (exact) mass is 449 g/mol. The van der Waals surface area contributed by atoms with E-state index in [1.54, 1.807) is 7.11 Å². The first kappa shape index (κ1) is 23.9. The summed E-state index contributed by atoms with van der Waals surface area (Å²) in [6, 6.07) is 17.5. The van der Waals surface area contributed by atoms with Crippen LogP contribution in [-0.2, 0) is 4.74 Å². The Morgan fingerprint density at radius 1 is 1.06 bits per heavy atom. The largest absolute Gasteiger partial charge is 0.497 e. The number of alkyl carbamates (subject to hydrolysis) is 1. The van der Waals surface area contributed by atoms with Crippen LogP contribution in [0.25, 0.3) is 22.5 Å². The van der Waals surface area contributed by atoms with Crippen LogP contribution in [0.15, 0.2) is 61.2 Å². The molecule has 33 heavy (non-hydrogen) atoms. The van der Waals surface area contributed by atoms with Crippen LogP contribution in [-0.4, -0.2) is 41.7 Å². The molecule has 0 radical (unpaired) electrons. The summed E-state index contributed by atoms with van der Waals surface area (Å²) in [5.41, 5.74) is 4.05. The van der Waals surface area contributed by atoms with E-state index in [-0.39, 0.29) is 0 Å². The average molecular weight is 450 g/mol. The van der Waals surface area contributed by atoms with Gasteiger partial charge in [0.15, 0.2) is 0 Å². The minimum Gasteiger partial charge on any atom is -0.497 e. The lowest BCUT2D eigenvalue weighted by Gasteiger charge is -2.19. The van der Waals surface area contributed by atoms with Crippen LogP contribution in [0.5, 0.6) is 11.5 Å². The first-order valence-electron chi connectivity index (χ1n) is 10.8. The summed E-state index contributed by atoms with van der Waals surface area (Å²) < 4.78 is 18.1. The molecule has 0 saturated carbocycles. The number of nitrogens with one attached hydrogen (secondary N) is 1. The van der Waals surface area contributed by atoms with Crippen molar-refractivity contribution < 1.29 is 19.0 Å². The number of carbonyl (C=O) groups is 1. The molecule has 0 aliphatic carbocycles. The lowest BCUT2D eigenvalue weighted by molar-refractivity contribution is 0.0520. The molecule has 1 amide bonds. The summed E-state index contributed by atoms with van der Waals surface area (Å²) in [5, 5.41) is 7.41. The molecule has 0 unspecified atom stereocenters. The maximum Gasteiger partial charge on any atom is 0.407 e. The number of methoxy groups -OCH3 is 1. The number of hydrogen-bond acceptors (Lipinski definition) is 5. The van der Waals surface area contributed by atoms with Gasteiger partial charge in [-0.05, 0) is 87.9 Å². The Bertz CT molecular complexity index is 1090. The van der Waals surface area contributed by atoms with E-state index in [0.717, 1.165) is 34.0 Å². The molecule has 0 fully saturated rings. The second-order valence-corrected chi connectivity index (χ2v) is 8.61. The van der Waals surface area contributed by atoms with Gasteiger partial charge in [0.1, 0.15) is 23.7 Å². The second-order valence-electron chi connectivity index (χ2n) is 8.61. The fourth-order valence-electron chi connectivity index (χ4n) is 3.07. The molecule has 0 atom stereocenters. The smallest absolute Gasteiger partial charge is 0.407 e. The Hall–Kier alpha value is -3.74. The Kier molecular flexibility index (Phi) is 7.43. The van der Waals surface area contributed by atoms with Crippen molar-refractivity contribution in [2.45, 2.75) is 33.3 Å². The van der Waals surface area contributed by atoms with Gasteiger partial charge in [-0.2, -0.15) is 5.10 Å². The molecule has 0 bridgehead atoms. The summed E-state index contributed by atoms with van der Waals surface area (Å²) in [6.07, 6.45) is -0.457. The summed E-state index contributed by atoms with van der Waals surface area (Å²) in [7, 11) is 1.64. The summed E-state index contributed by atoms with van der Waals surface area (Å²) in [5.74, 6) is 1.50. The van der Waals surface area contributed by atoms with Crippen molar-refractivity contribution in [3.8, 4) is 28.4 Å². The van der Waals surface area contributed by atoms with Crippen LogP contribution in [0.3, 0.4) is 0 Å². The van der Waals surface area contributed by atoms with Crippen molar-refractivity contribution in [1.29, 1.82) is 0 Å². The van der Waals surface area contributed by atoms with E-state index in [2.05, 4.69) is 11.9 Å². The van der Waals surface area contributed by atoms with Crippen molar-refractivity contribution in [2.75, 3.05) is 20.3 Å². The zero-order chi connectivity index (χ0) is 24.0. The topological polar surface area (TPSA) is 74.6 Å². The molecule has 7 nitrogen and oxygen atoms in total. The normalized spacial score (nSPS) is 11.1. The van der Waals surface area contributed by atoms with Crippen molar-refractivity contribution in [1.82, 2.24) is 15.1 Å². The van der Waals surface area contributed by atoms with Crippen LogP contribution in [0.4, 0.5) is 4.79 Å². The van der Waals surface area contributed by atoms with E-state index in [4.69, 9.17) is 19.3 Å². The number of carbonyl (C=O) groups excluding carboxylic acids is 1. The van der Waals surface area contributed by atoms with E-state index < -0.39 is 11.7 Å². The third-order valence-corrected chi connectivity index (χ3v) is 4.65. The molecule has 0 spiro atoms. The van der Waals surface area contributed by atoms with Crippen LogP contribution in [0, 0.1) is 0 Å². The zero-order valence-corrected chi connectivity index (χ0v) is 19.8. The van der Waals surface area contributed by atoms with Gasteiger partial charge in [-0.15, -0.1) is 0 Å². The quantitative estimate of drug-likeness (QED) is 0.461. The highest BCUT2D eigenvalue weighted by Crippen LogP contribution is 2.28. The average Bonchev–Trinajstić information content (AvgIpc) is 3.22. The van der Waals surface area contributed by atoms with Gasteiger partial charge in [0.2, 0.25) is 0 Å². The molecule has 0 saturated heterocycles. The minimum absolute atomic E-state index is 0.335. The number of aromatic nitrogens is 2. The highest BCUT2D eigenvalue weighted by atomic mass is 16.6. The molecule has 7 heteroatoms. The van der Waals surface area contributed by atoms with Gasteiger partial charge in [0.05, 0.1) is 30.7 Å². The number of amides is 1. The van der Waals surface area contributed by atoms with Gasteiger partial charge in [0, 0.05) is 5.56 Å². The zero-order valence-electron chi connectivity index (χ0n) is 19.8. The number of allylic oxidation sites excluding steroid dienone is 1. The third kappa shape index (κ3) is 6.62. The first-order valence-corrected chi connectivity index (χ1v) is 10.8. The Morgan fingerprint density at radius 3 is 2.27 bits per heavy atom. The van der Waals surface area contributed by atoms with Crippen LogP contribution >= 0.6 is 0 Å². The predicted octanol–water partition coefficient (Wildman–Crippen LogP) is 5.48. The molecular weight excluding hydrogens is 418 g/mol. The van der Waals surface area contributed by atoms with Crippen molar-refractivity contribution in [3.63, 3.8) is 0 Å². The summed E-state index contributed by atoms with van der Waals surface area (Å²) in [6.45, 7) is 12.1. The van der Waals surface area contributed by atoms with E-state index in [0.29, 0.717) is 18.9 Å². The van der Waals surface area contributed by atoms with Crippen LogP contribution < -0.4 is 14.8 Å². The molecule has 1 aromatic heterocycles. The molecule has 1 N–H and O–H groups in total. The second kappa shape index (κ2) is 10.3. The van der Waals surface area contributed by atoms with E-state index in [9.17, 15) is 4.79 Å². The number of ether oxygens (including phenoxy) is 3. The molecule has 3 rings (SSSR count). The Labute approximate surface area is 195 Å². The number of nitrogens with zero attached hydrogens (tertiary/aromatic N) is 2. The number of benzene rings is 2. The SMILES string of the molecule is C=C(C)c1cc(-c2ccc(OCCNC(=O)OC(C)(C)C)cc2)n(-c2ccc(OC)cc2)n1. The van der Waals surface area contributed by atoms with Gasteiger partial charge in [0.25, 0.3) is 0 Å². The predicted molar refractivity (Wildman–Crippen MR) is 130 cm³/mol. The molecule has 174 valence electrons. The highest BCUT2D eigenvalue weighted by molar-refractivity contribution is 5.69. The Morgan fingerprint density at radius 2 is 1.70 bits per heavy atom. The standard InChI is InChI=1S/C26H31N3O4/c1-18(2)23-17-24(29(28-23)20-9-13-21(31-6)14-10-20)19-7-11-22(12-8-19)32-16-15-27-25(30)33-26(3,4)5/h7-14,17H,1,15-16H2,2-6H3,(H,27,30). The van der Waals surface area contributed by atoms with Crippen molar-refractivity contribution >= 4 is 11.7 Å². The van der Waals surface area contributed by atoms with E-state index in [1.165, 1.54) is 0 Å². The summed E-state index contributed by atoms with van der Waals surface area (Å²) in [4.78, 5) is 11.7. The van der Waals surface area contributed by atoms with E-state index in [1.807, 2.05) is 87.0 Å². The number of rotatable bonds is 8. The van der Waals surface area contributed by atoms with Crippen molar-refractivity contribution in [2.24, 2.45) is 0 Å². The third-order valence-electron chi connectivity index (χ3n) is 4.65. The molecule has 2 aromatic carbocycles. The highest BCUT2D eigenvalue weighted by Gasteiger charge is 2.16. The van der Waals surface area contributed by atoms with E-state index >= 15 is 0 Å². The fourth-order valence-corrected chi connectivity index (χ4v) is 3.07. The van der Waals surface area contributed by atoms with Crippen LogP contribution in [0.2, 0.25) is 0 Å². The minimum atomic E-state index is -0.525. The molecule has 0 aliphatic rings. The lowest BCUT2D eigenvalue weighted by atomic mass is 10.1. The van der Waals surface area contributed by atoms with Gasteiger partial charge in [-0.25, -0.2) is 9.48 Å². The maximum absolute atomic E-state index is 11.7. The maximum atomic E-state index is 11.7. The summed E-state index contributed by atoms with van der Waals surface area (Å²) >= 11 is 0. The first-order chi connectivity index (χ1) is 15.7. The van der Waals surface area contributed by atoms with Gasteiger partial charge >= 0.3 is 6.09 Å².